The van der Waals surface area contributed by atoms with Crippen molar-refractivity contribution in [1.29, 1.82) is 5.26 Å². The van der Waals surface area contributed by atoms with E-state index in [1.54, 1.807) is 24.3 Å². The zero-order chi connectivity index (χ0) is 15.3. The molecule has 2 N–H and O–H groups in total. The molecule has 2 heterocycles. The lowest BCUT2D eigenvalue weighted by atomic mass is 10.3. The average molecular weight is 322 g/mol. The minimum atomic E-state index is -3.44. The fraction of sp³-hybridized carbons (Fsp3) is 0.231. The summed E-state index contributed by atoms with van der Waals surface area (Å²) in [7, 11) is -3.44. The number of hydrogen-bond donors (Lipinski definition) is 2. The number of rotatable bonds is 6. The second-order valence-electron chi connectivity index (χ2n) is 4.23. The lowest BCUT2D eigenvalue weighted by Gasteiger charge is -2.07. The molecule has 0 saturated carbocycles. The average Bonchev–Trinajstić information content (AvgIpc) is 2.92. The van der Waals surface area contributed by atoms with E-state index in [1.807, 2.05) is 13.0 Å². The molecule has 0 radical (unpaired) electrons. The summed E-state index contributed by atoms with van der Waals surface area (Å²) >= 11 is 1.24. The number of nitrogens with zero attached hydrogens (tertiary/aromatic N) is 2. The highest BCUT2D eigenvalue weighted by Gasteiger charge is 2.14. The highest BCUT2D eigenvalue weighted by atomic mass is 32.2. The van der Waals surface area contributed by atoms with Gasteiger partial charge in [0.15, 0.2) is 0 Å². The van der Waals surface area contributed by atoms with Crippen molar-refractivity contribution in [3.05, 3.63) is 40.9 Å². The van der Waals surface area contributed by atoms with Crippen LogP contribution in [0.25, 0.3) is 0 Å². The molecular weight excluding hydrogens is 308 g/mol. The molecule has 0 amide bonds. The molecule has 21 heavy (non-hydrogen) atoms. The first-order valence-electron chi connectivity index (χ1n) is 6.17. The van der Waals surface area contributed by atoms with E-state index in [-0.39, 0.29) is 6.54 Å². The predicted octanol–water partition coefficient (Wildman–Crippen LogP) is 1.71. The maximum atomic E-state index is 12.0. The van der Waals surface area contributed by atoms with Crippen LogP contribution in [-0.4, -0.2) is 26.5 Å². The highest BCUT2D eigenvalue weighted by molar-refractivity contribution is 7.91. The molecule has 8 heteroatoms. The molecule has 110 valence electrons. The Labute approximate surface area is 127 Å². The number of pyridine rings is 1. The van der Waals surface area contributed by atoms with E-state index in [9.17, 15) is 8.42 Å². The Kier molecular flexibility index (Phi) is 4.90. The van der Waals surface area contributed by atoms with Gasteiger partial charge in [-0.3, -0.25) is 0 Å². The van der Waals surface area contributed by atoms with Gasteiger partial charge in [-0.05, 0) is 31.2 Å². The van der Waals surface area contributed by atoms with Gasteiger partial charge in [-0.1, -0.05) is 0 Å². The van der Waals surface area contributed by atoms with Crippen molar-refractivity contribution in [3.63, 3.8) is 0 Å². The molecule has 0 aliphatic carbocycles. The van der Waals surface area contributed by atoms with Crippen LogP contribution >= 0.6 is 11.3 Å². The third-order valence-electron chi connectivity index (χ3n) is 2.60. The zero-order valence-electron chi connectivity index (χ0n) is 11.3. The topological polar surface area (TPSA) is 94.9 Å². The number of hydrogen-bond acceptors (Lipinski definition) is 6. The molecule has 0 unspecified atom stereocenters. The Bertz CT molecular complexity index is 745. The van der Waals surface area contributed by atoms with Gasteiger partial charge in [0.2, 0.25) is 10.0 Å². The van der Waals surface area contributed by atoms with E-state index < -0.39 is 10.0 Å². The van der Waals surface area contributed by atoms with Crippen molar-refractivity contribution in [2.45, 2.75) is 11.1 Å². The summed E-state index contributed by atoms with van der Waals surface area (Å²) in [5.41, 5.74) is 0.481. The van der Waals surface area contributed by atoms with E-state index in [1.165, 1.54) is 17.5 Å². The summed E-state index contributed by atoms with van der Waals surface area (Å²) in [6.07, 6.45) is 1.46. The van der Waals surface area contributed by atoms with E-state index in [0.717, 1.165) is 4.88 Å². The number of anilines is 1. The van der Waals surface area contributed by atoms with E-state index >= 15 is 0 Å². The van der Waals surface area contributed by atoms with Crippen LogP contribution in [0.2, 0.25) is 0 Å². The van der Waals surface area contributed by atoms with Gasteiger partial charge in [-0.25, -0.2) is 18.1 Å². The zero-order valence-corrected chi connectivity index (χ0v) is 13.0. The van der Waals surface area contributed by atoms with Crippen LogP contribution in [0.1, 0.15) is 10.4 Å². The van der Waals surface area contributed by atoms with Crippen LogP contribution in [0.5, 0.6) is 0 Å². The van der Waals surface area contributed by atoms with Gasteiger partial charge in [0.1, 0.15) is 16.1 Å². The molecule has 2 rings (SSSR count). The maximum Gasteiger partial charge on any atom is 0.250 e. The Balaban J connectivity index is 1.83. The predicted molar refractivity (Wildman–Crippen MR) is 81.7 cm³/mol. The molecule has 0 fully saturated rings. The minimum Gasteiger partial charge on any atom is -0.369 e. The summed E-state index contributed by atoms with van der Waals surface area (Å²) in [5, 5.41) is 11.6. The van der Waals surface area contributed by atoms with Crippen molar-refractivity contribution in [3.8, 4) is 6.07 Å². The van der Waals surface area contributed by atoms with Crippen LogP contribution in [0, 0.1) is 18.3 Å². The lowest BCUT2D eigenvalue weighted by molar-refractivity contribution is 0.585. The monoisotopic (exact) mass is 322 g/mol. The van der Waals surface area contributed by atoms with Crippen LogP contribution in [0.15, 0.2) is 34.7 Å². The molecule has 0 aromatic carbocycles. The quantitative estimate of drug-likeness (QED) is 0.790. The molecule has 2 aromatic rings. The van der Waals surface area contributed by atoms with Gasteiger partial charge >= 0.3 is 0 Å². The number of aryl methyl sites for hydroxylation is 1. The van der Waals surface area contributed by atoms with Gasteiger partial charge in [0.05, 0.1) is 5.56 Å². The summed E-state index contributed by atoms with van der Waals surface area (Å²) in [6, 6.07) is 8.67. The molecule has 0 aliphatic rings. The second kappa shape index (κ2) is 6.67. The molecule has 6 nitrogen and oxygen atoms in total. The van der Waals surface area contributed by atoms with Crippen LogP contribution < -0.4 is 10.0 Å². The largest absolute Gasteiger partial charge is 0.369 e. The van der Waals surface area contributed by atoms with Gasteiger partial charge in [-0.2, -0.15) is 5.26 Å². The molecule has 2 aromatic heterocycles. The van der Waals surface area contributed by atoms with E-state index in [2.05, 4.69) is 15.0 Å². The Morgan fingerprint density at radius 1 is 1.29 bits per heavy atom. The normalized spacial score (nSPS) is 11.0. The maximum absolute atomic E-state index is 12.0. The van der Waals surface area contributed by atoms with Gasteiger partial charge in [-0.15, -0.1) is 11.3 Å². The van der Waals surface area contributed by atoms with E-state index in [0.29, 0.717) is 22.1 Å². The first-order valence-corrected chi connectivity index (χ1v) is 8.47. The number of aromatic nitrogens is 1. The number of sulfonamides is 1. The molecule has 0 aliphatic heterocycles. The van der Waals surface area contributed by atoms with Crippen molar-refractivity contribution in [2.75, 3.05) is 18.4 Å². The first-order chi connectivity index (χ1) is 10.0. The van der Waals surface area contributed by atoms with Crippen molar-refractivity contribution < 1.29 is 8.42 Å². The SMILES string of the molecule is Cc1ccc(S(=O)(=O)NCCNc2ccc(C#N)cn2)s1. The van der Waals surface area contributed by atoms with Crippen LogP contribution in [0.4, 0.5) is 5.82 Å². The smallest absolute Gasteiger partial charge is 0.250 e. The Morgan fingerprint density at radius 2 is 2.10 bits per heavy atom. The van der Waals surface area contributed by atoms with Gasteiger partial charge < -0.3 is 5.32 Å². The van der Waals surface area contributed by atoms with Crippen LogP contribution in [0.3, 0.4) is 0 Å². The summed E-state index contributed by atoms with van der Waals surface area (Å²) in [4.78, 5) is 4.99. The molecule has 0 atom stereocenters. The summed E-state index contributed by atoms with van der Waals surface area (Å²) < 4.78 is 26.8. The Morgan fingerprint density at radius 3 is 2.67 bits per heavy atom. The van der Waals surface area contributed by atoms with E-state index in [4.69, 9.17) is 5.26 Å². The van der Waals surface area contributed by atoms with Gasteiger partial charge in [0.25, 0.3) is 0 Å². The number of nitriles is 1. The lowest BCUT2D eigenvalue weighted by Crippen LogP contribution is -2.28. The number of nitrogens with one attached hydrogen (secondary N) is 2. The first kappa shape index (κ1) is 15.4. The van der Waals surface area contributed by atoms with Crippen molar-refractivity contribution in [1.82, 2.24) is 9.71 Å². The second-order valence-corrected chi connectivity index (χ2v) is 7.52. The number of thiophene rings is 1. The Hall–Kier alpha value is -1.95. The fourth-order valence-corrected chi connectivity index (χ4v) is 3.93. The molecule has 0 bridgehead atoms. The summed E-state index contributed by atoms with van der Waals surface area (Å²) in [6.45, 7) is 2.52. The van der Waals surface area contributed by atoms with Crippen molar-refractivity contribution in [2.24, 2.45) is 0 Å². The fourth-order valence-electron chi connectivity index (χ4n) is 1.57. The van der Waals surface area contributed by atoms with Crippen molar-refractivity contribution >= 4 is 27.2 Å². The molecular formula is C13H14N4O2S2. The summed E-state index contributed by atoms with van der Waals surface area (Å²) in [5.74, 6) is 0.597. The minimum absolute atomic E-state index is 0.251. The molecule has 0 saturated heterocycles. The van der Waals surface area contributed by atoms with Gasteiger partial charge in [0, 0.05) is 24.2 Å². The standard InChI is InChI=1S/C13H14N4O2S2/c1-10-2-5-13(20-10)21(18,19)17-7-6-15-12-4-3-11(8-14)9-16-12/h2-5,9,17H,6-7H2,1H3,(H,15,16). The van der Waals surface area contributed by atoms with Crippen LogP contribution in [-0.2, 0) is 10.0 Å². The third kappa shape index (κ3) is 4.26. The third-order valence-corrected chi connectivity index (χ3v) is 5.55. The molecule has 0 spiro atoms. The highest BCUT2D eigenvalue weighted by Crippen LogP contribution is 2.19.